The molecule has 0 radical (unpaired) electrons. The highest BCUT2D eigenvalue weighted by molar-refractivity contribution is 5.85. The number of benzene rings is 1. The molecule has 16 heavy (non-hydrogen) atoms. The van der Waals surface area contributed by atoms with Crippen LogP contribution in [0.15, 0.2) is 24.3 Å². The van der Waals surface area contributed by atoms with Crippen LogP contribution in [-0.2, 0) is 0 Å². The third-order valence-electron chi connectivity index (χ3n) is 3.16. The van der Waals surface area contributed by atoms with Crippen molar-refractivity contribution >= 4 is 12.4 Å². The second-order valence-electron chi connectivity index (χ2n) is 4.18. The highest BCUT2D eigenvalue weighted by Gasteiger charge is 2.46. The van der Waals surface area contributed by atoms with Crippen LogP contribution in [-0.4, -0.2) is 30.3 Å². The molecule has 88 valence electrons. The van der Waals surface area contributed by atoms with Gasteiger partial charge in [0, 0.05) is 13.0 Å². The van der Waals surface area contributed by atoms with E-state index in [4.69, 9.17) is 9.47 Å². The summed E-state index contributed by atoms with van der Waals surface area (Å²) in [6.07, 6.45) is 0.954. The van der Waals surface area contributed by atoms with Gasteiger partial charge >= 0.3 is 0 Å². The van der Waals surface area contributed by atoms with Gasteiger partial charge < -0.3 is 9.47 Å². The molecule has 0 amide bonds. The van der Waals surface area contributed by atoms with Gasteiger partial charge in [0.2, 0.25) is 0 Å². The van der Waals surface area contributed by atoms with Crippen molar-refractivity contribution in [1.82, 2.24) is 4.90 Å². The Morgan fingerprint density at radius 2 is 1.88 bits per heavy atom. The van der Waals surface area contributed by atoms with Gasteiger partial charge in [0.25, 0.3) is 5.79 Å². The molecule has 0 unspecified atom stereocenters. The summed E-state index contributed by atoms with van der Waals surface area (Å²) in [5.74, 6) is 1.37. The van der Waals surface area contributed by atoms with Crippen LogP contribution in [0.2, 0.25) is 0 Å². The minimum Gasteiger partial charge on any atom is -0.447 e. The zero-order chi connectivity index (χ0) is 10.3. The first-order chi connectivity index (χ1) is 7.31. The second-order valence-corrected chi connectivity index (χ2v) is 4.18. The van der Waals surface area contributed by atoms with Crippen molar-refractivity contribution in [3.8, 4) is 11.5 Å². The number of hydrogen-bond donors (Lipinski definition) is 0. The third-order valence-corrected chi connectivity index (χ3v) is 3.16. The molecule has 0 N–H and O–H groups in total. The van der Waals surface area contributed by atoms with E-state index in [0.29, 0.717) is 0 Å². The average molecular weight is 242 g/mol. The monoisotopic (exact) mass is 241 g/mol. The molecule has 1 fully saturated rings. The van der Waals surface area contributed by atoms with Crippen LogP contribution in [0.4, 0.5) is 0 Å². The first-order valence-corrected chi connectivity index (χ1v) is 5.51. The summed E-state index contributed by atoms with van der Waals surface area (Å²) in [6, 6.07) is 7.90. The number of fused-ring (bicyclic) bond motifs is 1. The molecule has 2 aliphatic rings. The highest BCUT2D eigenvalue weighted by Crippen LogP contribution is 2.42. The first kappa shape index (κ1) is 11.6. The first-order valence-electron chi connectivity index (χ1n) is 5.51. The van der Waals surface area contributed by atoms with Gasteiger partial charge in [-0.05, 0) is 18.7 Å². The summed E-state index contributed by atoms with van der Waals surface area (Å²) in [6.45, 7) is 5.16. The van der Waals surface area contributed by atoms with Crippen molar-refractivity contribution in [3.63, 3.8) is 0 Å². The number of likely N-dealkylation sites (N-methyl/N-ethyl adjacent to an activating group) is 1. The van der Waals surface area contributed by atoms with E-state index in [1.54, 1.807) is 0 Å². The van der Waals surface area contributed by atoms with Crippen molar-refractivity contribution < 1.29 is 9.47 Å². The molecule has 2 heterocycles. The van der Waals surface area contributed by atoms with Crippen LogP contribution >= 0.6 is 12.4 Å². The van der Waals surface area contributed by atoms with Crippen molar-refractivity contribution in [2.24, 2.45) is 0 Å². The minimum absolute atomic E-state index is 0. The predicted molar refractivity (Wildman–Crippen MR) is 64.4 cm³/mol. The van der Waals surface area contributed by atoms with Crippen LogP contribution in [0.3, 0.4) is 0 Å². The molecule has 1 spiro atoms. The lowest BCUT2D eigenvalue weighted by Crippen LogP contribution is -2.41. The van der Waals surface area contributed by atoms with E-state index in [9.17, 15) is 0 Å². The van der Waals surface area contributed by atoms with Crippen LogP contribution < -0.4 is 9.47 Å². The molecule has 3 rings (SSSR count). The fourth-order valence-electron chi connectivity index (χ4n) is 2.30. The summed E-state index contributed by atoms with van der Waals surface area (Å²) < 4.78 is 11.8. The summed E-state index contributed by atoms with van der Waals surface area (Å²) in [5.41, 5.74) is 0. The van der Waals surface area contributed by atoms with Gasteiger partial charge in [-0.1, -0.05) is 19.1 Å². The standard InChI is InChI=1S/C12H15NO2.ClH/c1-2-13-8-7-12(9-13)14-10-5-3-4-6-11(10)15-12;/h3-6H,2,7-9H2,1H3;1H. The molecule has 1 saturated heterocycles. The fraction of sp³-hybridized carbons (Fsp3) is 0.500. The van der Waals surface area contributed by atoms with E-state index < -0.39 is 5.79 Å². The Labute approximate surface area is 102 Å². The zero-order valence-corrected chi connectivity index (χ0v) is 10.1. The summed E-state index contributed by atoms with van der Waals surface area (Å²) in [7, 11) is 0. The van der Waals surface area contributed by atoms with E-state index in [1.165, 1.54) is 0 Å². The van der Waals surface area contributed by atoms with Gasteiger partial charge in [-0.2, -0.15) is 0 Å². The van der Waals surface area contributed by atoms with Crippen molar-refractivity contribution in [1.29, 1.82) is 0 Å². The molecule has 0 aliphatic carbocycles. The number of nitrogens with zero attached hydrogens (tertiary/aromatic N) is 1. The molecule has 4 heteroatoms. The van der Waals surface area contributed by atoms with Crippen LogP contribution in [0.5, 0.6) is 11.5 Å². The van der Waals surface area contributed by atoms with Crippen molar-refractivity contribution in [3.05, 3.63) is 24.3 Å². The molecule has 0 saturated carbocycles. The SMILES string of the molecule is CCN1CCC2(C1)Oc1ccccc1O2.Cl. The predicted octanol–water partition coefficient (Wildman–Crippen LogP) is 2.30. The van der Waals surface area contributed by atoms with Crippen LogP contribution in [0.1, 0.15) is 13.3 Å². The maximum atomic E-state index is 5.92. The van der Waals surface area contributed by atoms with Gasteiger partial charge in [-0.3, -0.25) is 4.90 Å². The van der Waals surface area contributed by atoms with Crippen molar-refractivity contribution in [2.45, 2.75) is 19.1 Å². The molecular weight excluding hydrogens is 226 g/mol. The Bertz CT molecular complexity index is 358. The quantitative estimate of drug-likeness (QED) is 0.753. The van der Waals surface area contributed by atoms with E-state index in [0.717, 1.165) is 37.6 Å². The molecule has 1 aromatic carbocycles. The van der Waals surface area contributed by atoms with Gasteiger partial charge in [-0.25, -0.2) is 0 Å². The Hall–Kier alpha value is -0.930. The molecule has 0 bridgehead atoms. The zero-order valence-electron chi connectivity index (χ0n) is 9.31. The Morgan fingerprint density at radius 1 is 1.25 bits per heavy atom. The smallest absolute Gasteiger partial charge is 0.265 e. The summed E-state index contributed by atoms with van der Waals surface area (Å²) in [4.78, 5) is 2.35. The Balaban J connectivity index is 0.000000963. The van der Waals surface area contributed by atoms with E-state index in [-0.39, 0.29) is 12.4 Å². The maximum absolute atomic E-state index is 5.92. The number of halogens is 1. The number of hydrogen-bond acceptors (Lipinski definition) is 3. The Kier molecular flexibility index (Phi) is 3.00. The summed E-state index contributed by atoms with van der Waals surface area (Å²) in [5, 5.41) is 0. The summed E-state index contributed by atoms with van der Waals surface area (Å²) >= 11 is 0. The van der Waals surface area contributed by atoms with Crippen molar-refractivity contribution in [2.75, 3.05) is 19.6 Å². The van der Waals surface area contributed by atoms with Gasteiger partial charge in [-0.15, -0.1) is 12.4 Å². The number of rotatable bonds is 1. The van der Waals surface area contributed by atoms with E-state index >= 15 is 0 Å². The lowest BCUT2D eigenvalue weighted by molar-refractivity contribution is -0.0670. The lowest BCUT2D eigenvalue weighted by atomic mass is 10.2. The van der Waals surface area contributed by atoms with Crippen LogP contribution in [0, 0.1) is 0 Å². The molecule has 3 nitrogen and oxygen atoms in total. The van der Waals surface area contributed by atoms with Gasteiger partial charge in [0.05, 0.1) is 6.54 Å². The largest absolute Gasteiger partial charge is 0.447 e. The minimum atomic E-state index is -0.403. The third kappa shape index (κ3) is 1.74. The van der Waals surface area contributed by atoms with Gasteiger partial charge in [0.15, 0.2) is 11.5 Å². The van der Waals surface area contributed by atoms with Gasteiger partial charge in [0.1, 0.15) is 0 Å². The molecule has 1 aromatic rings. The maximum Gasteiger partial charge on any atom is 0.265 e. The van der Waals surface area contributed by atoms with E-state index in [2.05, 4.69) is 11.8 Å². The number of ether oxygens (including phenoxy) is 2. The van der Waals surface area contributed by atoms with E-state index in [1.807, 2.05) is 24.3 Å². The van der Waals surface area contributed by atoms with Crippen LogP contribution in [0.25, 0.3) is 0 Å². The lowest BCUT2D eigenvalue weighted by Gasteiger charge is -2.22. The highest BCUT2D eigenvalue weighted by atomic mass is 35.5. The normalized spacial score (nSPS) is 21.1. The topological polar surface area (TPSA) is 21.7 Å². The number of likely N-dealkylation sites (tertiary alicyclic amines) is 1. The molecule has 0 atom stereocenters. The Morgan fingerprint density at radius 3 is 2.38 bits per heavy atom. The second kappa shape index (κ2) is 4.15. The molecular formula is C12H16ClNO2. The average Bonchev–Trinajstić information content (AvgIpc) is 2.81. The molecule has 0 aromatic heterocycles. The number of para-hydroxylation sites is 2. The fourth-order valence-corrected chi connectivity index (χ4v) is 2.30. The molecule has 2 aliphatic heterocycles.